The highest BCUT2D eigenvalue weighted by molar-refractivity contribution is 6.06. The van der Waals surface area contributed by atoms with E-state index in [1.807, 2.05) is 51.4 Å². The molecule has 0 fully saturated rings. The number of anilines is 2. The van der Waals surface area contributed by atoms with Crippen LogP contribution < -0.4 is 16.5 Å². The van der Waals surface area contributed by atoms with Crippen molar-refractivity contribution in [1.29, 1.82) is 0 Å². The summed E-state index contributed by atoms with van der Waals surface area (Å²) in [5.41, 5.74) is 12.1. The van der Waals surface area contributed by atoms with Crippen LogP contribution in [0.5, 0.6) is 0 Å². The normalized spacial score (nSPS) is 11.0. The molecule has 2 aromatic rings. The maximum atomic E-state index is 13.4. The van der Waals surface area contributed by atoms with Gasteiger partial charge in [-0.25, -0.2) is 0 Å². The molecular formula is C24H35N3O2. The van der Waals surface area contributed by atoms with Crippen LogP contribution in [0.1, 0.15) is 79.0 Å². The van der Waals surface area contributed by atoms with Crippen LogP contribution in [0.3, 0.4) is 0 Å². The molecule has 1 aromatic carbocycles. The van der Waals surface area contributed by atoms with E-state index in [1.165, 1.54) is 0 Å². The topological polar surface area (TPSA) is 77.1 Å². The molecule has 1 heterocycles. The zero-order valence-corrected chi connectivity index (χ0v) is 18.7. The van der Waals surface area contributed by atoms with Crippen LogP contribution in [0, 0.1) is 6.92 Å². The van der Waals surface area contributed by atoms with Crippen LogP contribution in [0.15, 0.2) is 16.9 Å². The molecule has 0 unspecified atom stereocenters. The van der Waals surface area contributed by atoms with Crippen molar-refractivity contribution >= 4 is 17.3 Å². The van der Waals surface area contributed by atoms with E-state index in [2.05, 4.69) is 12.2 Å². The molecule has 0 aliphatic carbocycles. The van der Waals surface area contributed by atoms with Gasteiger partial charge in [0.15, 0.2) is 5.43 Å². The van der Waals surface area contributed by atoms with Crippen molar-refractivity contribution in [2.24, 2.45) is 7.05 Å². The molecule has 0 spiro atoms. The SMILES string of the molecule is CCCCc1c(C(=O)Nc2c(CC)cc(N)cc2CC)c(=O)c(CC)c(C)n1C. The Labute approximate surface area is 174 Å². The molecule has 0 aliphatic rings. The molecule has 5 heteroatoms. The molecule has 0 atom stereocenters. The highest BCUT2D eigenvalue weighted by atomic mass is 16.2. The zero-order valence-electron chi connectivity index (χ0n) is 18.7. The lowest BCUT2D eigenvalue weighted by molar-refractivity contribution is 0.102. The minimum atomic E-state index is -0.319. The largest absolute Gasteiger partial charge is 0.399 e. The van der Waals surface area contributed by atoms with Gasteiger partial charge < -0.3 is 15.6 Å². The summed E-state index contributed by atoms with van der Waals surface area (Å²) in [6.07, 6.45) is 4.75. The third-order valence-corrected chi connectivity index (χ3v) is 5.81. The average molecular weight is 398 g/mol. The molecule has 3 N–H and O–H groups in total. The zero-order chi connectivity index (χ0) is 21.7. The third-order valence-electron chi connectivity index (χ3n) is 5.81. The van der Waals surface area contributed by atoms with E-state index < -0.39 is 0 Å². The number of aromatic nitrogens is 1. The van der Waals surface area contributed by atoms with Gasteiger partial charge in [-0.1, -0.05) is 34.1 Å². The van der Waals surface area contributed by atoms with Crippen LogP contribution in [-0.4, -0.2) is 10.5 Å². The number of rotatable bonds is 8. The Morgan fingerprint density at radius 2 is 1.66 bits per heavy atom. The number of hydrogen-bond acceptors (Lipinski definition) is 3. The number of carbonyl (C=O) groups is 1. The van der Waals surface area contributed by atoms with E-state index in [1.54, 1.807) is 0 Å². The van der Waals surface area contributed by atoms with E-state index in [-0.39, 0.29) is 16.9 Å². The molecule has 1 aromatic heterocycles. The fraction of sp³-hybridized carbons (Fsp3) is 0.500. The second-order valence-corrected chi connectivity index (χ2v) is 7.61. The fourth-order valence-electron chi connectivity index (χ4n) is 4.00. The van der Waals surface area contributed by atoms with Gasteiger partial charge in [0.05, 0.1) is 0 Å². The van der Waals surface area contributed by atoms with Crippen molar-refractivity contribution in [3.8, 4) is 0 Å². The van der Waals surface area contributed by atoms with Crippen LogP contribution in [0.25, 0.3) is 0 Å². The summed E-state index contributed by atoms with van der Waals surface area (Å²) in [5.74, 6) is -0.319. The number of benzene rings is 1. The fourth-order valence-corrected chi connectivity index (χ4v) is 4.00. The second-order valence-electron chi connectivity index (χ2n) is 7.61. The number of hydrogen-bond donors (Lipinski definition) is 2. The van der Waals surface area contributed by atoms with Crippen LogP contribution in [0.4, 0.5) is 11.4 Å². The van der Waals surface area contributed by atoms with Gasteiger partial charge in [0.2, 0.25) is 0 Å². The highest BCUT2D eigenvalue weighted by Gasteiger charge is 2.23. The first-order chi connectivity index (χ1) is 13.8. The van der Waals surface area contributed by atoms with E-state index in [0.29, 0.717) is 24.1 Å². The smallest absolute Gasteiger partial charge is 0.261 e. The molecule has 158 valence electrons. The van der Waals surface area contributed by atoms with Crippen molar-refractivity contribution in [3.05, 3.63) is 56.0 Å². The Kier molecular flexibility index (Phi) is 7.66. The number of pyridine rings is 1. The lowest BCUT2D eigenvalue weighted by Gasteiger charge is -2.21. The molecule has 0 bridgehead atoms. The van der Waals surface area contributed by atoms with Gasteiger partial charge in [-0.15, -0.1) is 0 Å². The van der Waals surface area contributed by atoms with E-state index in [0.717, 1.165) is 53.9 Å². The van der Waals surface area contributed by atoms with Gasteiger partial charge in [0, 0.05) is 35.4 Å². The average Bonchev–Trinajstić information content (AvgIpc) is 2.70. The first kappa shape index (κ1) is 22.7. The van der Waals surface area contributed by atoms with E-state index >= 15 is 0 Å². The Hall–Kier alpha value is -2.56. The Bertz CT molecular complexity index is 933. The van der Waals surface area contributed by atoms with Crippen molar-refractivity contribution in [3.63, 3.8) is 0 Å². The standard InChI is InChI=1S/C24H35N3O2/c1-7-11-12-20-21(23(28)19(10-4)15(5)27(20)6)24(29)26-22-16(8-2)13-18(25)14-17(22)9-3/h13-14H,7-12,25H2,1-6H3,(H,26,29). The summed E-state index contributed by atoms with van der Waals surface area (Å²) in [4.78, 5) is 26.7. The summed E-state index contributed by atoms with van der Waals surface area (Å²) in [6, 6.07) is 3.80. The van der Waals surface area contributed by atoms with E-state index in [9.17, 15) is 9.59 Å². The summed E-state index contributed by atoms with van der Waals surface area (Å²) < 4.78 is 2.02. The maximum absolute atomic E-state index is 13.4. The number of amides is 1. The molecule has 0 saturated carbocycles. The molecule has 2 rings (SSSR count). The van der Waals surface area contributed by atoms with Gasteiger partial charge in [-0.05, 0) is 62.3 Å². The summed E-state index contributed by atoms with van der Waals surface area (Å²) in [6.45, 7) is 10.1. The number of aryl methyl sites for hydroxylation is 2. The van der Waals surface area contributed by atoms with Crippen LogP contribution in [-0.2, 0) is 32.7 Å². The monoisotopic (exact) mass is 397 g/mol. The first-order valence-electron chi connectivity index (χ1n) is 10.7. The number of nitrogen functional groups attached to an aromatic ring is 1. The third kappa shape index (κ3) is 4.55. The van der Waals surface area contributed by atoms with Crippen molar-refractivity contribution in [2.75, 3.05) is 11.1 Å². The van der Waals surface area contributed by atoms with Crippen LogP contribution in [0.2, 0.25) is 0 Å². The molecule has 5 nitrogen and oxygen atoms in total. The van der Waals surface area contributed by atoms with Crippen molar-refractivity contribution in [1.82, 2.24) is 4.57 Å². The van der Waals surface area contributed by atoms with E-state index in [4.69, 9.17) is 5.73 Å². The number of nitrogens with zero attached hydrogens (tertiary/aromatic N) is 1. The van der Waals surface area contributed by atoms with Gasteiger partial charge in [0.25, 0.3) is 5.91 Å². The van der Waals surface area contributed by atoms with Gasteiger partial charge in [-0.3, -0.25) is 9.59 Å². The Morgan fingerprint density at radius 1 is 1.07 bits per heavy atom. The molecule has 0 radical (unpaired) electrons. The number of unbranched alkanes of at least 4 members (excludes halogenated alkanes) is 1. The van der Waals surface area contributed by atoms with Crippen molar-refractivity contribution in [2.45, 2.75) is 73.1 Å². The lowest BCUT2D eigenvalue weighted by Crippen LogP contribution is -2.31. The molecular weight excluding hydrogens is 362 g/mol. The second kappa shape index (κ2) is 9.77. The van der Waals surface area contributed by atoms with Crippen LogP contribution >= 0.6 is 0 Å². The minimum Gasteiger partial charge on any atom is -0.399 e. The Morgan fingerprint density at radius 3 is 2.14 bits per heavy atom. The first-order valence-corrected chi connectivity index (χ1v) is 10.7. The Balaban J connectivity index is 2.65. The molecule has 1 amide bonds. The quantitative estimate of drug-likeness (QED) is 0.641. The summed E-state index contributed by atoms with van der Waals surface area (Å²) in [5, 5.41) is 3.07. The predicted octanol–water partition coefficient (Wildman–Crippen LogP) is 4.56. The number of nitrogens with two attached hydrogens (primary N) is 1. The summed E-state index contributed by atoms with van der Waals surface area (Å²) >= 11 is 0. The van der Waals surface area contributed by atoms with Gasteiger partial charge >= 0.3 is 0 Å². The van der Waals surface area contributed by atoms with Gasteiger partial charge in [-0.2, -0.15) is 0 Å². The summed E-state index contributed by atoms with van der Waals surface area (Å²) in [7, 11) is 1.95. The lowest BCUT2D eigenvalue weighted by atomic mass is 9.98. The molecule has 0 aliphatic heterocycles. The predicted molar refractivity (Wildman–Crippen MR) is 122 cm³/mol. The highest BCUT2D eigenvalue weighted by Crippen LogP contribution is 2.27. The molecule has 29 heavy (non-hydrogen) atoms. The number of carbonyl (C=O) groups excluding carboxylic acids is 1. The van der Waals surface area contributed by atoms with Gasteiger partial charge in [0.1, 0.15) is 5.56 Å². The maximum Gasteiger partial charge on any atom is 0.261 e. The minimum absolute atomic E-state index is 0.141. The number of nitrogens with one attached hydrogen (secondary N) is 1. The van der Waals surface area contributed by atoms with Crippen molar-refractivity contribution < 1.29 is 4.79 Å². The molecule has 0 saturated heterocycles.